The fourth-order valence-corrected chi connectivity index (χ4v) is 12.6. The number of fused-ring (bicyclic) bond motifs is 2. The first-order valence-electron chi connectivity index (χ1n) is 18.4. The first-order chi connectivity index (χ1) is 26.0. The van der Waals surface area contributed by atoms with Crippen molar-refractivity contribution in [2.45, 2.75) is 69.2 Å². The predicted octanol–water partition coefficient (Wildman–Crippen LogP) is 5.71. The number of aromatic nitrogens is 3. The zero-order valence-electron chi connectivity index (χ0n) is 31.2. The number of para-hydroxylation sites is 1. The molecule has 2 amide bonds. The summed E-state index contributed by atoms with van der Waals surface area (Å²) in [6, 6.07) is 33.0. The van der Waals surface area contributed by atoms with E-state index in [1.54, 1.807) is 22.8 Å². The fraction of sp³-hybridized carbons (Fsp3) is 0.333. The van der Waals surface area contributed by atoms with Gasteiger partial charge in [-0.3, -0.25) is 19.2 Å². The first kappa shape index (κ1) is 37.2. The minimum absolute atomic E-state index is 0.0355. The van der Waals surface area contributed by atoms with E-state index < -0.39 is 25.7 Å². The van der Waals surface area contributed by atoms with Gasteiger partial charge in [-0.1, -0.05) is 91.1 Å². The molecule has 1 unspecified atom stereocenters. The summed E-state index contributed by atoms with van der Waals surface area (Å²) >= 11 is 0. The molecule has 5 aromatic rings. The Bertz CT molecular complexity index is 2110. The highest BCUT2D eigenvalue weighted by Gasteiger charge is 2.66. The summed E-state index contributed by atoms with van der Waals surface area (Å²) in [5.41, 5.74) is 2.78. The summed E-state index contributed by atoms with van der Waals surface area (Å²) in [5.74, 6) is -0.535. The van der Waals surface area contributed by atoms with Gasteiger partial charge in [-0.15, -0.1) is 5.10 Å². The van der Waals surface area contributed by atoms with Gasteiger partial charge in [-0.05, 0) is 66.9 Å². The topological polar surface area (TPSA) is 139 Å². The monoisotopic (exact) mass is 745 g/mol. The molecule has 54 heavy (non-hydrogen) atoms. The van der Waals surface area contributed by atoms with Crippen molar-refractivity contribution in [2.75, 3.05) is 23.9 Å². The lowest BCUT2D eigenvalue weighted by Gasteiger charge is -2.37. The van der Waals surface area contributed by atoms with Gasteiger partial charge in [0.05, 0.1) is 45.2 Å². The molecule has 4 aromatic carbocycles. The van der Waals surface area contributed by atoms with Gasteiger partial charge in [0, 0.05) is 35.6 Å². The van der Waals surface area contributed by atoms with E-state index >= 15 is 4.79 Å². The third-order valence-corrected chi connectivity index (χ3v) is 15.7. The van der Waals surface area contributed by atoms with Crippen molar-refractivity contribution in [1.82, 2.24) is 15.0 Å². The number of carbonyl (C=O) groups is 2. The van der Waals surface area contributed by atoms with E-state index in [0.29, 0.717) is 35.6 Å². The van der Waals surface area contributed by atoms with E-state index in [0.717, 1.165) is 17.0 Å². The lowest BCUT2D eigenvalue weighted by atomic mass is 9.82. The molecule has 0 saturated carbocycles. The van der Waals surface area contributed by atoms with Gasteiger partial charge in [0.2, 0.25) is 0 Å². The number of amides is 2. The number of rotatable bonds is 12. The van der Waals surface area contributed by atoms with Crippen molar-refractivity contribution >= 4 is 42.1 Å². The lowest BCUT2D eigenvalue weighted by Crippen LogP contribution is -2.51. The number of anilines is 3. The summed E-state index contributed by atoms with van der Waals surface area (Å²) < 4.78 is 14.6. The Labute approximate surface area is 316 Å². The number of hydrogen-bond donors (Lipinski definition) is 3. The lowest BCUT2D eigenvalue weighted by molar-refractivity contribution is -0.145. The molecule has 0 bridgehead atoms. The van der Waals surface area contributed by atoms with Gasteiger partial charge in [0.15, 0.2) is 5.60 Å². The third kappa shape index (κ3) is 6.53. The zero-order chi connectivity index (χ0) is 38.2. The van der Waals surface area contributed by atoms with Gasteiger partial charge in [-0.25, -0.2) is 0 Å². The van der Waals surface area contributed by atoms with Crippen LogP contribution in [-0.2, 0) is 26.5 Å². The standard InChI is InChI=1S/C42H47N5O6Si/c1-27-39(54(4,5)33-19-17-32(52-3)18-20-33)38(22-23-46-25-36(44-45-46)34(26-48)29-12-8-6-9-13-29)53-42(27)35-24-30(43-40(50)28(2)49)16-21-37(35)47(41(42)51)31-14-10-7-11-15-31/h6-21,24-25,27-28,34,38-39,48-49H,22-23,26H2,1-5H3,(H,43,50)/t27-,28+,34?,38+,39-,42+/m1/s1. The number of ether oxygens (including phenoxy) is 2. The predicted molar refractivity (Wildman–Crippen MR) is 210 cm³/mol. The van der Waals surface area contributed by atoms with Crippen molar-refractivity contribution < 1.29 is 29.3 Å². The molecule has 3 N–H and O–H groups in total. The largest absolute Gasteiger partial charge is 0.497 e. The van der Waals surface area contributed by atoms with Crippen LogP contribution in [0.5, 0.6) is 5.75 Å². The molecule has 0 radical (unpaired) electrons. The summed E-state index contributed by atoms with van der Waals surface area (Å²) in [4.78, 5) is 29.6. The number of aliphatic hydroxyl groups excluding tert-OH is 2. The van der Waals surface area contributed by atoms with Crippen LogP contribution >= 0.6 is 0 Å². The van der Waals surface area contributed by atoms with E-state index in [-0.39, 0.29) is 36.0 Å². The third-order valence-electron chi connectivity index (χ3n) is 11.3. The van der Waals surface area contributed by atoms with Crippen LogP contribution in [0, 0.1) is 5.92 Å². The molecule has 3 heterocycles. The molecular formula is C42H47N5O6Si. The minimum Gasteiger partial charge on any atom is -0.497 e. The quantitative estimate of drug-likeness (QED) is 0.138. The number of nitrogens with zero attached hydrogens (tertiary/aromatic N) is 4. The van der Waals surface area contributed by atoms with Gasteiger partial charge in [0.25, 0.3) is 11.8 Å². The second-order valence-electron chi connectivity index (χ2n) is 14.9. The van der Waals surface area contributed by atoms with Gasteiger partial charge in [-0.2, -0.15) is 0 Å². The average molecular weight is 746 g/mol. The highest BCUT2D eigenvalue weighted by Crippen LogP contribution is 2.61. The van der Waals surface area contributed by atoms with E-state index in [4.69, 9.17) is 9.47 Å². The second-order valence-corrected chi connectivity index (χ2v) is 19.6. The van der Waals surface area contributed by atoms with Crippen LogP contribution in [0.15, 0.2) is 109 Å². The van der Waals surface area contributed by atoms with Crippen molar-refractivity contribution in [3.8, 4) is 5.75 Å². The molecule has 11 nitrogen and oxygen atoms in total. The number of carbonyl (C=O) groups excluding carboxylic acids is 2. The maximum absolute atomic E-state index is 15.2. The Morgan fingerprint density at radius 3 is 2.35 bits per heavy atom. The number of hydrogen-bond acceptors (Lipinski definition) is 8. The van der Waals surface area contributed by atoms with Crippen molar-refractivity contribution in [3.63, 3.8) is 0 Å². The molecule has 0 aliphatic carbocycles. The summed E-state index contributed by atoms with van der Waals surface area (Å²) in [6.45, 7) is 8.58. The molecule has 2 aliphatic heterocycles. The maximum Gasteiger partial charge on any atom is 0.268 e. The minimum atomic E-state index is -2.44. The number of benzene rings is 4. The Balaban J connectivity index is 1.30. The number of aryl methyl sites for hydroxylation is 1. The highest BCUT2D eigenvalue weighted by molar-refractivity contribution is 6.91. The van der Waals surface area contributed by atoms with Gasteiger partial charge < -0.3 is 25.0 Å². The van der Waals surface area contributed by atoms with E-state index in [9.17, 15) is 15.0 Å². The van der Waals surface area contributed by atoms with Crippen LogP contribution in [0.3, 0.4) is 0 Å². The number of nitrogens with one attached hydrogen (secondary N) is 1. The van der Waals surface area contributed by atoms with E-state index in [1.165, 1.54) is 12.1 Å². The summed E-state index contributed by atoms with van der Waals surface area (Å²) in [6.07, 6.45) is 0.863. The molecule has 12 heteroatoms. The Hall–Kier alpha value is -5.14. The Morgan fingerprint density at radius 1 is 1.02 bits per heavy atom. The number of aliphatic hydroxyl groups is 2. The normalized spacial score (nSPS) is 21.9. The molecule has 2 aliphatic rings. The summed E-state index contributed by atoms with van der Waals surface area (Å²) in [5, 5.41) is 33.2. The SMILES string of the molecule is COc1ccc([Si](C)(C)[C@H]2[C@H](CCn3cc(C(CO)c4ccccc4)nn3)O[C@@]3(C(=O)N(c4ccccc4)c4ccc(NC(=O)[C@H](C)O)cc43)[C@@H]2C)cc1. The van der Waals surface area contributed by atoms with Crippen LogP contribution < -0.4 is 20.1 Å². The van der Waals surface area contributed by atoms with Crippen molar-refractivity contribution in [2.24, 2.45) is 5.92 Å². The molecule has 1 spiro atoms. The molecule has 1 saturated heterocycles. The van der Waals surface area contributed by atoms with E-state index in [1.807, 2.05) is 91.1 Å². The number of methoxy groups -OCH3 is 1. The van der Waals surface area contributed by atoms with Gasteiger partial charge in [0.1, 0.15) is 11.9 Å². The average Bonchev–Trinajstić information content (AvgIpc) is 3.84. The van der Waals surface area contributed by atoms with Crippen LogP contribution in [-0.4, -0.2) is 71.0 Å². The van der Waals surface area contributed by atoms with Crippen LogP contribution in [0.4, 0.5) is 17.1 Å². The molecular weight excluding hydrogens is 699 g/mol. The van der Waals surface area contributed by atoms with Crippen molar-refractivity contribution in [1.29, 1.82) is 0 Å². The molecule has 280 valence electrons. The van der Waals surface area contributed by atoms with Gasteiger partial charge >= 0.3 is 0 Å². The van der Waals surface area contributed by atoms with Crippen LogP contribution in [0.1, 0.15) is 43.0 Å². The van der Waals surface area contributed by atoms with Crippen molar-refractivity contribution in [3.05, 3.63) is 126 Å². The molecule has 6 atom stereocenters. The second kappa shape index (κ2) is 14.9. The van der Waals surface area contributed by atoms with Crippen LogP contribution in [0.25, 0.3) is 0 Å². The molecule has 1 aromatic heterocycles. The highest BCUT2D eigenvalue weighted by atomic mass is 28.3. The van der Waals surface area contributed by atoms with Crippen LogP contribution in [0.2, 0.25) is 18.6 Å². The van der Waals surface area contributed by atoms with E-state index in [2.05, 4.69) is 47.8 Å². The Kier molecular flexibility index (Phi) is 10.3. The molecule has 7 rings (SSSR count). The first-order valence-corrected chi connectivity index (χ1v) is 21.5. The Morgan fingerprint density at radius 2 is 1.70 bits per heavy atom. The summed E-state index contributed by atoms with van der Waals surface area (Å²) in [7, 11) is -0.787. The maximum atomic E-state index is 15.2. The fourth-order valence-electron chi connectivity index (χ4n) is 8.56. The molecule has 1 fully saturated rings. The zero-order valence-corrected chi connectivity index (χ0v) is 32.2. The smallest absolute Gasteiger partial charge is 0.268 e.